The van der Waals surface area contributed by atoms with E-state index < -0.39 is 0 Å². The third kappa shape index (κ3) is 4.24. The SMILES string of the molecule is COc1ccc(Cl)cc1C=CC(=O)Nc1ccc(N2CCCC2=O)cc1. The summed E-state index contributed by atoms with van der Waals surface area (Å²) in [5, 5.41) is 3.36. The number of rotatable bonds is 5. The zero-order valence-electron chi connectivity index (χ0n) is 14.4. The molecule has 1 heterocycles. The molecule has 26 heavy (non-hydrogen) atoms. The molecular formula is C20H19ClN2O3. The normalized spacial score (nSPS) is 14.1. The van der Waals surface area contributed by atoms with Gasteiger partial charge >= 0.3 is 0 Å². The fourth-order valence-corrected chi connectivity index (χ4v) is 3.01. The maximum atomic E-state index is 12.1. The lowest BCUT2D eigenvalue weighted by molar-refractivity contribution is -0.117. The second kappa shape index (κ2) is 8.06. The Morgan fingerprint density at radius 3 is 2.65 bits per heavy atom. The highest BCUT2D eigenvalue weighted by molar-refractivity contribution is 6.30. The van der Waals surface area contributed by atoms with E-state index in [1.807, 2.05) is 12.1 Å². The zero-order chi connectivity index (χ0) is 18.5. The molecule has 1 saturated heterocycles. The fourth-order valence-electron chi connectivity index (χ4n) is 2.83. The summed E-state index contributed by atoms with van der Waals surface area (Å²) in [5.41, 5.74) is 2.23. The van der Waals surface area contributed by atoms with Gasteiger partial charge in [-0.25, -0.2) is 0 Å². The summed E-state index contributed by atoms with van der Waals surface area (Å²) in [6.45, 7) is 0.745. The number of nitrogens with one attached hydrogen (secondary N) is 1. The number of nitrogens with zero attached hydrogens (tertiary/aromatic N) is 1. The minimum atomic E-state index is -0.267. The topological polar surface area (TPSA) is 58.6 Å². The summed E-state index contributed by atoms with van der Waals surface area (Å²) in [5.74, 6) is 0.510. The van der Waals surface area contributed by atoms with Crippen molar-refractivity contribution in [2.24, 2.45) is 0 Å². The number of anilines is 2. The summed E-state index contributed by atoms with van der Waals surface area (Å²) < 4.78 is 5.25. The number of carbonyl (C=O) groups is 2. The number of hydrogen-bond donors (Lipinski definition) is 1. The number of carbonyl (C=O) groups excluding carboxylic acids is 2. The van der Waals surface area contributed by atoms with Crippen LogP contribution in [0.25, 0.3) is 6.08 Å². The van der Waals surface area contributed by atoms with E-state index in [0.29, 0.717) is 22.9 Å². The Kier molecular flexibility index (Phi) is 5.58. The van der Waals surface area contributed by atoms with Crippen LogP contribution in [0.1, 0.15) is 18.4 Å². The average molecular weight is 371 g/mol. The monoisotopic (exact) mass is 370 g/mol. The number of ether oxygens (including phenoxy) is 1. The van der Waals surface area contributed by atoms with E-state index in [1.54, 1.807) is 48.4 Å². The van der Waals surface area contributed by atoms with Crippen LogP contribution in [0, 0.1) is 0 Å². The highest BCUT2D eigenvalue weighted by atomic mass is 35.5. The lowest BCUT2D eigenvalue weighted by atomic mass is 10.2. The first-order valence-electron chi connectivity index (χ1n) is 8.30. The predicted octanol–water partition coefficient (Wildman–Crippen LogP) is 4.13. The van der Waals surface area contributed by atoms with Gasteiger partial charge in [0.05, 0.1) is 7.11 Å². The van der Waals surface area contributed by atoms with E-state index in [2.05, 4.69) is 5.32 Å². The molecular weight excluding hydrogens is 352 g/mol. The van der Waals surface area contributed by atoms with E-state index in [0.717, 1.165) is 24.2 Å². The Morgan fingerprint density at radius 2 is 2.00 bits per heavy atom. The van der Waals surface area contributed by atoms with Crippen LogP contribution in [0.15, 0.2) is 48.5 Å². The minimum absolute atomic E-state index is 0.139. The molecule has 6 heteroatoms. The number of hydrogen-bond acceptors (Lipinski definition) is 3. The number of halogens is 1. The molecule has 1 aliphatic heterocycles. The first-order chi connectivity index (χ1) is 12.6. The molecule has 1 fully saturated rings. The summed E-state index contributed by atoms with van der Waals surface area (Å²) >= 11 is 5.98. The van der Waals surface area contributed by atoms with Crippen LogP contribution in [-0.4, -0.2) is 25.5 Å². The highest BCUT2D eigenvalue weighted by Crippen LogP contribution is 2.25. The molecule has 1 N–H and O–H groups in total. The average Bonchev–Trinajstić information content (AvgIpc) is 3.07. The van der Waals surface area contributed by atoms with Gasteiger partial charge in [-0.15, -0.1) is 0 Å². The van der Waals surface area contributed by atoms with Crippen molar-refractivity contribution >= 4 is 40.9 Å². The molecule has 0 saturated carbocycles. The third-order valence-corrected chi connectivity index (χ3v) is 4.36. The van der Waals surface area contributed by atoms with E-state index >= 15 is 0 Å². The molecule has 0 radical (unpaired) electrons. The van der Waals surface area contributed by atoms with Gasteiger partial charge in [0.1, 0.15) is 5.75 Å². The van der Waals surface area contributed by atoms with E-state index in [4.69, 9.17) is 16.3 Å². The van der Waals surface area contributed by atoms with Crippen molar-refractivity contribution in [3.05, 3.63) is 59.1 Å². The molecule has 1 aliphatic rings. The predicted molar refractivity (Wildman–Crippen MR) is 104 cm³/mol. The zero-order valence-corrected chi connectivity index (χ0v) is 15.1. The molecule has 0 atom stereocenters. The van der Waals surface area contributed by atoms with Gasteiger partial charge < -0.3 is 15.0 Å². The minimum Gasteiger partial charge on any atom is -0.496 e. The van der Waals surface area contributed by atoms with Crippen LogP contribution in [0.3, 0.4) is 0 Å². The maximum Gasteiger partial charge on any atom is 0.248 e. The fraction of sp³-hybridized carbons (Fsp3) is 0.200. The number of methoxy groups -OCH3 is 1. The van der Waals surface area contributed by atoms with E-state index in [9.17, 15) is 9.59 Å². The second-order valence-electron chi connectivity index (χ2n) is 5.90. The van der Waals surface area contributed by atoms with Gasteiger partial charge in [0.2, 0.25) is 11.8 Å². The van der Waals surface area contributed by atoms with Crippen molar-refractivity contribution in [1.29, 1.82) is 0 Å². The Bertz CT molecular complexity index is 847. The van der Waals surface area contributed by atoms with Gasteiger partial charge in [-0.05, 0) is 55.0 Å². The van der Waals surface area contributed by atoms with Crippen LogP contribution in [0.4, 0.5) is 11.4 Å². The molecule has 0 unspecified atom stereocenters. The Labute approximate surface area is 157 Å². The van der Waals surface area contributed by atoms with Crippen LogP contribution in [-0.2, 0) is 9.59 Å². The van der Waals surface area contributed by atoms with Gasteiger partial charge in [-0.2, -0.15) is 0 Å². The first-order valence-corrected chi connectivity index (χ1v) is 8.67. The summed E-state index contributed by atoms with van der Waals surface area (Å²) in [7, 11) is 1.56. The standard InChI is InChI=1S/C20H19ClN2O3/c1-26-18-10-5-15(21)13-14(18)4-11-19(24)22-16-6-8-17(9-7-16)23-12-2-3-20(23)25/h4-11,13H,2-3,12H2,1H3,(H,22,24). The third-order valence-electron chi connectivity index (χ3n) is 4.13. The highest BCUT2D eigenvalue weighted by Gasteiger charge is 2.21. The van der Waals surface area contributed by atoms with Crippen LogP contribution in [0.2, 0.25) is 5.02 Å². The maximum absolute atomic E-state index is 12.1. The quantitative estimate of drug-likeness (QED) is 0.805. The van der Waals surface area contributed by atoms with Crippen molar-refractivity contribution in [3.8, 4) is 5.75 Å². The Balaban J connectivity index is 1.65. The molecule has 0 aromatic heterocycles. The Morgan fingerprint density at radius 1 is 1.23 bits per heavy atom. The molecule has 2 aromatic carbocycles. The van der Waals surface area contributed by atoms with Crippen LogP contribution < -0.4 is 15.0 Å². The summed E-state index contributed by atoms with van der Waals surface area (Å²) in [6.07, 6.45) is 4.55. The van der Waals surface area contributed by atoms with Crippen molar-refractivity contribution < 1.29 is 14.3 Å². The molecule has 0 aliphatic carbocycles. The van der Waals surface area contributed by atoms with Crippen LogP contribution >= 0.6 is 11.6 Å². The van der Waals surface area contributed by atoms with Gasteiger partial charge in [-0.3, -0.25) is 9.59 Å². The second-order valence-corrected chi connectivity index (χ2v) is 6.34. The van der Waals surface area contributed by atoms with E-state index in [1.165, 1.54) is 6.08 Å². The van der Waals surface area contributed by atoms with Gasteiger partial charge in [0.25, 0.3) is 0 Å². The van der Waals surface area contributed by atoms with Crippen molar-refractivity contribution in [2.45, 2.75) is 12.8 Å². The molecule has 0 spiro atoms. The molecule has 0 bridgehead atoms. The van der Waals surface area contributed by atoms with Crippen LogP contribution in [0.5, 0.6) is 5.75 Å². The lowest BCUT2D eigenvalue weighted by Gasteiger charge is -2.15. The molecule has 5 nitrogen and oxygen atoms in total. The van der Waals surface area contributed by atoms with Crippen molar-refractivity contribution in [3.63, 3.8) is 0 Å². The summed E-state index contributed by atoms with van der Waals surface area (Å²) in [6, 6.07) is 12.4. The molecule has 2 aromatic rings. The van der Waals surface area contributed by atoms with Crippen molar-refractivity contribution in [1.82, 2.24) is 0 Å². The largest absolute Gasteiger partial charge is 0.496 e. The first kappa shape index (κ1) is 18.0. The smallest absolute Gasteiger partial charge is 0.248 e. The van der Waals surface area contributed by atoms with Crippen molar-refractivity contribution in [2.75, 3.05) is 23.9 Å². The van der Waals surface area contributed by atoms with Gasteiger partial charge in [-0.1, -0.05) is 11.6 Å². The lowest BCUT2D eigenvalue weighted by Crippen LogP contribution is -2.23. The Hall–Kier alpha value is -2.79. The number of benzene rings is 2. The molecule has 134 valence electrons. The summed E-state index contributed by atoms with van der Waals surface area (Å²) in [4.78, 5) is 25.6. The molecule has 3 rings (SSSR count). The van der Waals surface area contributed by atoms with Gasteiger partial charge in [0.15, 0.2) is 0 Å². The molecule has 2 amide bonds. The number of amides is 2. The van der Waals surface area contributed by atoms with Gasteiger partial charge in [0, 0.05) is 41.0 Å². The van der Waals surface area contributed by atoms with E-state index in [-0.39, 0.29) is 11.8 Å².